The van der Waals surface area contributed by atoms with Crippen LogP contribution in [-0.4, -0.2) is 18.7 Å². The molecule has 0 aliphatic carbocycles. The van der Waals surface area contributed by atoms with Crippen LogP contribution < -0.4 is 5.73 Å². The second-order valence-electron chi connectivity index (χ2n) is 3.23. The number of alkyl halides is 1. The van der Waals surface area contributed by atoms with Crippen LogP contribution in [0.25, 0.3) is 0 Å². The summed E-state index contributed by atoms with van der Waals surface area (Å²) in [7, 11) is 0. The van der Waals surface area contributed by atoms with E-state index in [9.17, 15) is 13.6 Å². The van der Waals surface area contributed by atoms with Crippen LogP contribution in [0.2, 0.25) is 0 Å². The summed E-state index contributed by atoms with van der Waals surface area (Å²) in [6.07, 6.45) is -1.98. The minimum absolute atomic E-state index is 0. The van der Waals surface area contributed by atoms with E-state index >= 15 is 0 Å². The Morgan fingerprint density at radius 2 is 2.18 bits per heavy atom. The smallest absolute Gasteiger partial charge is 0.342 e. The highest BCUT2D eigenvalue weighted by Gasteiger charge is 2.27. The highest BCUT2D eigenvalue weighted by atomic mass is 35.5. The molecule has 0 spiro atoms. The number of rotatable bonds is 4. The van der Waals surface area contributed by atoms with Crippen molar-refractivity contribution in [3.63, 3.8) is 0 Å². The molecule has 0 saturated heterocycles. The second-order valence-corrected chi connectivity index (χ2v) is 3.23. The first kappa shape index (κ1) is 15.8. The van der Waals surface area contributed by atoms with Crippen molar-refractivity contribution < 1.29 is 18.3 Å². The van der Waals surface area contributed by atoms with Crippen LogP contribution >= 0.6 is 12.4 Å². The average molecular weight is 266 g/mol. The second kappa shape index (κ2) is 7.19. The van der Waals surface area contributed by atoms with Gasteiger partial charge in [0.2, 0.25) is 6.17 Å². The highest BCUT2D eigenvalue weighted by Crippen LogP contribution is 2.18. The van der Waals surface area contributed by atoms with E-state index in [1.807, 2.05) is 0 Å². The summed E-state index contributed by atoms with van der Waals surface area (Å²) in [5.41, 5.74) is 5.72. The van der Waals surface area contributed by atoms with Gasteiger partial charge in [-0.3, -0.25) is 0 Å². The first-order valence-corrected chi connectivity index (χ1v) is 4.88. The largest absolute Gasteiger partial charge is 0.464 e. The number of nitrogens with two attached hydrogens (primary N) is 1. The van der Waals surface area contributed by atoms with Crippen LogP contribution in [0.4, 0.5) is 8.78 Å². The lowest BCUT2D eigenvalue weighted by Gasteiger charge is -2.15. The lowest BCUT2D eigenvalue weighted by Crippen LogP contribution is -2.31. The van der Waals surface area contributed by atoms with Gasteiger partial charge in [-0.2, -0.15) is 0 Å². The quantitative estimate of drug-likeness (QED) is 0.849. The van der Waals surface area contributed by atoms with Gasteiger partial charge in [-0.1, -0.05) is 12.1 Å². The van der Waals surface area contributed by atoms with Crippen molar-refractivity contribution in [3.8, 4) is 0 Å². The molecule has 1 aromatic rings. The molecule has 1 aromatic carbocycles. The summed E-state index contributed by atoms with van der Waals surface area (Å²) in [6.45, 7) is 1.65. The van der Waals surface area contributed by atoms with Crippen molar-refractivity contribution in [1.29, 1.82) is 0 Å². The summed E-state index contributed by atoms with van der Waals surface area (Å²) >= 11 is 0. The van der Waals surface area contributed by atoms with E-state index < -0.39 is 24.0 Å². The first-order chi connectivity index (χ1) is 7.56. The van der Waals surface area contributed by atoms with Crippen molar-refractivity contribution in [2.45, 2.75) is 19.1 Å². The standard InChI is InChI=1S/C11H13F2NO2.ClH/c1-2-16-11(15)9(13)10(14)7-4-3-5-8(12)6-7;/h3-6,9-10H,2,14H2,1H3;1H/t9?,10-;/m1./s1. The zero-order valence-corrected chi connectivity index (χ0v) is 10.0. The number of esters is 1. The molecule has 96 valence electrons. The minimum Gasteiger partial charge on any atom is -0.464 e. The summed E-state index contributed by atoms with van der Waals surface area (Å²) in [5, 5.41) is 0. The molecule has 0 saturated carbocycles. The fourth-order valence-electron chi connectivity index (χ4n) is 1.25. The molecule has 6 heteroatoms. The van der Waals surface area contributed by atoms with Crippen molar-refractivity contribution in [2.75, 3.05) is 6.61 Å². The zero-order chi connectivity index (χ0) is 12.1. The fourth-order valence-corrected chi connectivity index (χ4v) is 1.25. The van der Waals surface area contributed by atoms with Crippen molar-refractivity contribution in [3.05, 3.63) is 35.6 Å². The van der Waals surface area contributed by atoms with E-state index in [2.05, 4.69) is 4.74 Å². The minimum atomic E-state index is -1.98. The lowest BCUT2D eigenvalue weighted by atomic mass is 10.0. The summed E-state index contributed by atoms with van der Waals surface area (Å²) < 4.78 is 30.8. The number of halogens is 3. The average Bonchev–Trinajstić information content (AvgIpc) is 2.27. The molecule has 0 amide bonds. The van der Waals surface area contributed by atoms with Gasteiger partial charge in [-0.05, 0) is 24.6 Å². The third-order valence-corrected chi connectivity index (χ3v) is 2.06. The molecule has 0 radical (unpaired) electrons. The summed E-state index contributed by atoms with van der Waals surface area (Å²) in [6, 6.07) is 3.96. The lowest BCUT2D eigenvalue weighted by molar-refractivity contribution is -0.149. The van der Waals surface area contributed by atoms with Crippen LogP contribution in [0.5, 0.6) is 0 Å². The molecule has 0 heterocycles. The number of hydrogen-bond acceptors (Lipinski definition) is 3. The molecular formula is C11H14ClF2NO2. The van der Waals surface area contributed by atoms with E-state index in [4.69, 9.17) is 5.73 Å². The molecule has 1 unspecified atom stereocenters. The number of benzene rings is 1. The van der Waals surface area contributed by atoms with Gasteiger partial charge in [0, 0.05) is 0 Å². The third-order valence-electron chi connectivity index (χ3n) is 2.06. The van der Waals surface area contributed by atoms with Crippen LogP contribution in [0.1, 0.15) is 18.5 Å². The molecule has 17 heavy (non-hydrogen) atoms. The predicted octanol–water partition coefficient (Wildman–Crippen LogP) is 2.15. The molecule has 0 fully saturated rings. The third kappa shape index (κ3) is 4.28. The Morgan fingerprint density at radius 3 is 2.71 bits per heavy atom. The Bertz CT molecular complexity index is 376. The van der Waals surface area contributed by atoms with Crippen LogP contribution in [0.15, 0.2) is 24.3 Å². The van der Waals surface area contributed by atoms with Gasteiger partial charge in [0.25, 0.3) is 0 Å². The van der Waals surface area contributed by atoms with E-state index in [0.717, 1.165) is 6.07 Å². The molecule has 0 bridgehead atoms. The maximum Gasteiger partial charge on any atom is 0.342 e. The Balaban J connectivity index is 0.00000256. The highest BCUT2D eigenvalue weighted by molar-refractivity contribution is 5.85. The maximum atomic E-state index is 13.5. The Morgan fingerprint density at radius 1 is 1.53 bits per heavy atom. The molecular weight excluding hydrogens is 252 g/mol. The van der Waals surface area contributed by atoms with Crippen LogP contribution in [-0.2, 0) is 9.53 Å². The normalized spacial score (nSPS) is 13.4. The van der Waals surface area contributed by atoms with E-state index in [1.54, 1.807) is 6.92 Å². The molecule has 0 aromatic heterocycles. The van der Waals surface area contributed by atoms with Gasteiger partial charge < -0.3 is 10.5 Å². The van der Waals surface area contributed by atoms with Gasteiger partial charge in [0.05, 0.1) is 12.6 Å². The Kier molecular flexibility index (Phi) is 6.68. The number of ether oxygens (including phenoxy) is 1. The van der Waals surface area contributed by atoms with Gasteiger partial charge >= 0.3 is 5.97 Å². The van der Waals surface area contributed by atoms with Crippen molar-refractivity contribution in [1.82, 2.24) is 0 Å². The number of hydrogen-bond donors (Lipinski definition) is 1. The molecule has 3 nitrogen and oxygen atoms in total. The summed E-state index contributed by atoms with van der Waals surface area (Å²) in [5.74, 6) is -1.55. The Labute approximate surface area is 104 Å². The zero-order valence-electron chi connectivity index (χ0n) is 9.23. The molecule has 0 aliphatic rings. The van der Waals surface area contributed by atoms with Gasteiger partial charge in [0.1, 0.15) is 5.82 Å². The van der Waals surface area contributed by atoms with Gasteiger partial charge in [-0.25, -0.2) is 13.6 Å². The van der Waals surface area contributed by atoms with E-state index in [-0.39, 0.29) is 24.6 Å². The van der Waals surface area contributed by atoms with Gasteiger partial charge in [-0.15, -0.1) is 12.4 Å². The number of carbonyl (C=O) groups is 1. The Hall–Kier alpha value is -1.20. The number of carbonyl (C=O) groups excluding carboxylic acids is 1. The van der Waals surface area contributed by atoms with E-state index in [1.165, 1.54) is 18.2 Å². The monoisotopic (exact) mass is 265 g/mol. The fraction of sp³-hybridized carbons (Fsp3) is 0.364. The molecule has 2 atom stereocenters. The van der Waals surface area contributed by atoms with Crippen molar-refractivity contribution in [2.24, 2.45) is 5.73 Å². The van der Waals surface area contributed by atoms with Crippen molar-refractivity contribution >= 4 is 18.4 Å². The topological polar surface area (TPSA) is 52.3 Å². The predicted molar refractivity (Wildman–Crippen MR) is 62.1 cm³/mol. The molecule has 2 N–H and O–H groups in total. The summed E-state index contributed by atoms with van der Waals surface area (Å²) in [4.78, 5) is 11.1. The van der Waals surface area contributed by atoms with Crippen LogP contribution in [0, 0.1) is 5.82 Å². The molecule has 0 aliphatic heterocycles. The molecule has 1 rings (SSSR count). The van der Waals surface area contributed by atoms with Gasteiger partial charge in [0.15, 0.2) is 0 Å². The first-order valence-electron chi connectivity index (χ1n) is 4.88. The SMILES string of the molecule is CCOC(=O)C(F)[C@H](N)c1cccc(F)c1.Cl. The van der Waals surface area contributed by atoms with Crippen LogP contribution in [0.3, 0.4) is 0 Å². The maximum absolute atomic E-state index is 13.5. The van der Waals surface area contributed by atoms with E-state index in [0.29, 0.717) is 0 Å².